The van der Waals surface area contributed by atoms with E-state index in [0.29, 0.717) is 17.3 Å². The smallest absolute Gasteiger partial charge is 0.319 e. The molecule has 0 spiro atoms. The lowest BCUT2D eigenvalue weighted by molar-refractivity contribution is 0.0374. The SMILES string of the molecule is N#Cc1ccc(NC(=O)NC2CCN(C3CCC3)C(c3nc4ccccc4[nH]3)C2)cc1. The van der Waals surface area contributed by atoms with Gasteiger partial charge < -0.3 is 15.6 Å². The summed E-state index contributed by atoms with van der Waals surface area (Å²) in [6, 6.07) is 17.7. The van der Waals surface area contributed by atoms with E-state index < -0.39 is 0 Å². The van der Waals surface area contributed by atoms with Crippen LogP contribution in [0.25, 0.3) is 11.0 Å². The van der Waals surface area contributed by atoms with Gasteiger partial charge in [0.15, 0.2) is 0 Å². The predicted molar refractivity (Wildman–Crippen MR) is 120 cm³/mol. The molecule has 1 aliphatic heterocycles. The summed E-state index contributed by atoms with van der Waals surface area (Å²) in [5.41, 5.74) is 3.29. The Hall–Kier alpha value is -3.37. The highest BCUT2D eigenvalue weighted by molar-refractivity contribution is 5.89. The van der Waals surface area contributed by atoms with Gasteiger partial charge in [-0.15, -0.1) is 0 Å². The van der Waals surface area contributed by atoms with Gasteiger partial charge in [-0.1, -0.05) is 18.6 Å². The molecule has 2 aromatic carbocycles. The summed E-state index contributed by atoms with van der Waals surface area (Å²) in [4.78, 5) is 23.5. The van der Waals surface area contributed by atoms with Crippen LogP contribution in [0.1, 0.15) is 49.5 Å². The fraction of sp³-hybridized carbons (Fsp3) is 0.375. The zero-order valence-corrected chi connectivity index (χ0v) is 17.3. The lowest BCUT2D eigenvalue weighted by Gasteiger charge is -2.46. The van der Waals surface area contributed by atoms with Crippen molar-refractivity contribution in [3.8, 4) is 6.07 Å². The minimum atomic E-state index is -0.213. The van der Waals surface area contributed by atoms with Crippen LogP contribution >= 0.6 is 0 Å². The maximum absolute atomic E-state index is 12.6. The molecule has 1 aliphatic carbocycles. The van der Waals surface area contributed by atoms with E-state index in [1.807, 2.05) is 18.2 Å². The number of aromatic amines is 1. The second-order valence-electron chi connectivity index (χ2n) is 8.49. The molecule has 2 unspecified atom stereocenters. The Labute approximate surface area is 181 Å². The van der Waals surface area contributed by atoms with E-state index in [0.717, 1.165) is 36.2 Å². The van der Waals surface area contributed by atoms with Crippen molar-refractivity contribution in [3.63, 3.8) is 0 Å². The van der Waals surface area contributed by atoms with Gasteiger partial charge in [-0.25, -0.2) is 9.78 Å². The van der Waals surface area contributed by atoms with Crippen LogP contribution in [-0.2, 0) is 0 Å². The molecule has 2 amide bonds. The first-order valence-corrected chi connectivity index (χ1v) is 11.0. The monoisotopic (exact) mass is 414 g/mol. The van der Waals surface area contributed by atoms with Gasteiger partial charge >= 0.3 is 6.03 Å². The van der Waals surface area contributed by atoms with Gasteiger partial charge in [0.25, 0.3) is 0 Å². The van der Waals surface area contributed by atoms with Crippen molar-refractivity contribution < 1.29 is 4.79 Å². The Morgan fingerprint density at radius 3 is 2.65 bits per heavy atom. The van der Waals surface area contributed by atoms with E-state index in [-0.39, 0.29) is 18.1 Å². The molecule has 2 atom stereocenters. The number of para-hydroxylation sites is 2. The molecule has 2 aliphatic rings. The summed E-state index contributed by atoms with van der Waals surface area (Å²) in [6.45, 7) is 0.953. The number of nitrogens with zero attached hydrogens (tertiary/aromatic N) is 3. The van der Waals surface area contributed by atoms with Crippen molar-refractivity contribution in [1.29, 1.82) is 5.26 Å². The van der Waals surface area contributed by atoms with Crippen LogP contribution in [0.2, 0.25) is 0 Å². The largest absolute Gasteiger partial charge is 0.341 e. The summed E-state index contributed by atoms with van der Waals surface area (Å²) in [5, 5.41) is 14.9. The number of imidazole rings is 1. The van der Waals surface area contributed by atoms with E-state index in [1.54, 1.807) is 24.3 Å². The zero-order valence-electron chi connectivity index (χ0n) is 17.3. The molecule has 31 heavy (non-hydrogen) atoms. The molecular formula is C24H26N6O. The highest BCUT2D eigenvalue weighted by Crippen LogP contribution is 2.37. The maximum Gasteiger partial charge on any atom is 0.319 e. The molecule has 3 N–H and O–H groups in total. The topological polar surface area (TPSA) is 96.8 Å². The maximum atomic E-state index is 12.6. The number of nitriles is 1. The number of likely N-dealkylation sites (tertiary alicyclic amines) is 1. The number of carbonyl (C=O) groups excluding carboxylic acids is 1. The summed E-state index contributed by atoms with van der Waals surface area (Å²) in [6.07, 6.45) is 5.54. The summed E-state index contributed by atoms with van der Waals surface area (Å²) in [5.74, 6) is 0.993. The number of hydrogen-bond donors (Lipinski definition) is 3. The molecule has 1 aromatic heterocycles. The van der Waals surface area contributed by atoms with Crippen LogP contribution in [0.4, 0.5) is 10.5 Å². The molecule has 1 saturated carbocycles. The van der Waals surface area contributed by atoms with Crippen LogP contribution in [-0.4, -0.2) is 39.5 Å². The second kappa shape index (κ2) is 8.40. The number of rotatable bonds is 4. The van der Waals surface area contributed by atoms with Gasteiger partial charge in [-0.3, -0.25) is 4.90 Å². The number of hydrogen-bond acceptors (Lipinski definition) is 4. The molecule has 7 heteroatoms. The standard InChI is InChI=1S/C24H26N6O/c25-15-16-8-10-17(11-9-16)26-24(31)27-18-12-13-30(19-4-3-5-19)22(14-18)23-28-20-6-1-2-7-21(20)29-23/h1-2,6-11,18-19,22H,3-5,12-14H2,(H,28,29)(H2,26,27,31). The molecule has 3 aromatic rings. The molecule has 2 heterocycles. The lowest BCUT2D eigenvalue weighted by atomic mass is 9.86. The van der Waals surface area contributed by atoms with Gasteiger partial charge in [0.05, 0.1) is 28.7 Å². The Kier molecular flexibility index (Phi) is 5.31. The number of amides is 2. The third kappa shape index (κ3) is 4.12. The van der Waals surface area contributed by atoms with Gasteiger partial charge in [0.1, 0.15) is 5.82 Å². The van der Waals surface area contributed by atoms with Crippen molar-refractivity contribution in [2.24, 2.45) is 0 Å². The van der Waals surface area contributed by atoms with Crippen LogP contribution in [0.5, 0.6) is 0 Å². The van der Waals surface area contributed by atoms with E-state index in [9.17, 15) is 4.79 Å². The molecule has 1 saturated heterocycles. The third-order valence-corrected chi connectivity index (χ3v) is 6.52. The van der Waals surface area contributed by atoms with E-state index >= 15 is 0 Å². The van der Waals surface area contributed by atoms with Gasteiger partial charge in [-0.2, -0.15) is 5.26 Å². The van der Waals surface area contributed by atoms with E-state index in [4.69, 9.17) is 10.2 Å². The summed E-state index contributed by atoms with van der Waals surface area (Å²) < 4.78 is 0. The zero-order chi connectivity index (χ0) is 21.2. The highest BCUT2D eigenvalue weighted by atomic mass is 16.2. The Bertz CT molecular complexity index is 1080. The number of carbonyl (C=O) groups is 1. The molecule has 158 valence electrons. The first-order valence-electron chi connectivity index (χ1n) is 11.0. The molecule has 0 radical (unpaired) electrons. The van der Waals surface area contributed by atoms with Crippen molar-refractivity contribution in [2.45, 2.75) is 50.2 Å². The van der Waals surface area contributed by atoms with Crippen molar-refractivity contribution >= 4 is 22.8 Å². The average Bonchev–Trinajstić information content (AvgIpc) is 3.18. The fourth-order valence-electron chi connectivity index (χ4n) is 4.65. The van der Waals surface area contributed by atoms with Crippen molar-refractivity contribution in [2.75, 3.05) is 11.9 Å². The Morgan fingerprint density at radius 1 is 1.13 bits per heavy atom. The molecular weight excluding hydrogens is 388 g/mol. The summed E-state index contributed by atoms with van der Waals surface area (Å²) in [7, 11) is 0. The normalized spacial score (nSPS) is 21.9. The number of anilines is 1. The lowest BCUT2D eigenvalue weighted by Crippen LogP contribution is -2.52. The third-order valence-electron chi connectivity index (χ3n) is 6.52. The Balaban J connectivity index is 1.29. The van der Waals surface area contributed by atoms with E-state index in [2.05, 4.69) is 32.7 Å². The highest BCUT2D eigenvalue weighted by Gasteiger charge is 2.38. The van der Waals surface area contributed by atoms with Crippen LogP contribution < -0.4 is 10.6 Å². The van der Waals surface area contributed by atoms with Crippen LogP contribution in [0.3, 0.4) is 0 Å². The Morgan fingerprint density at radius 2 is 1.94 bits per heavy atom. The van der Waals surface area contributed by atoms with Crippen molar-refractivity contribution in [3.05, 3.63) is 59.9 Å². The molecule has 2 fully saturated rings. The average molecular weight is 415 g/mol. The fourth-order valence-corrected chi connectivity index (χ4v) is 4.65. The molecule has 0 bridgehead atoms. The first-order chi connectivity index (χ1) is 15.2. The van der Waals surface area contributed by atoms with Crippen LogP contribution in [0.15, 0.2) is 48.5 Å². The molecule has 5 rings (SSSR count). The van der Waals surface area contributed by atoms with E-state index in [1.165, 1.54) is 19.3 Å². The minimum Gasteiger partial charge on any atom is -0.341 e. The number of H-pyrrole nitrogens is 1. The van der Waals surface area contributed by atoms with Gasteiger partial charge in [-0.05, 0) is 62.1 Å². The number of piperidine rings is 1. The second-order valence-corrected chi connectivity index (χ2v) is 8.49. The minimum absolute atomic E-state index is 0.0768. The number of aromatic nitrogens is 2. The quantitative estimate of drug-likeness (QED) is 0.592. The number of benzene rings is 2. The number of nitrogens with one attached hydrogen (secondary N) is 3. The molecule has 7 nitrogen and oxygen atoms in total. The van der Waals surface area contributed by atoms with Gasteiger partial charge in [0.2, 0.25) is 0 Å². The number of urea groups is 1. The first kappa shape index (κ1) is 19.6. The van der Waals surface area contributed by atoms with Gasteiger partial charge in [0, 0.05) is 24.3 Å². The number of fused-ring (bicyclic) bond motifs is 1. The van der Waals surface area contributed by atoms with Crippen molar-refractivity contribution in [1.82, 2.24) is 20.2 Å². The summed E-state index contributed by atoms with van der Waals surface area (Å²) >= 11 is 0. The van der Waals surface area contributed by atoms with Crippen LogP contribution in [0, 0.1) is 11.3 Å². The predicted octanol–water partition coefficient (Wildman–Crippen LogP) is 4.31.